The first-order valence-electron chi connectivity index (χ1n) is 5.63. The topological polar surface area (TPSA) is 37.3 Å². The monoisotopic (exact) mass is 243 g/mol. The van der Waals surface area contributed by atoms with Gasteiger partial charge in [0.1, 0.15) is 0 Å². The van der Waals surface area contributed by atoms with Crippen molar-refractivity contribution in [2.75, 3.05) is 17.6 Å². The van der Waals surface area contributed by atoms with Gasteiger partial charge in [-0.25, -0.2) is 0 Å². The van der Waals surface area contributed by atoms with E-state index in [9.17, 15) is 0 Å². The zero-order chi connectivity index (χ0) is 11.7. The number of aryl methyl sites for hydroxylation is 1. The molecule has 1 N–H and O–H groups in total. The highest BCUT2D eigenvalue weighted by molar-refractivity contribution is 8.14. The van der Waals surface area contributed by atoms with Crippen LogP contribution in [0, 0.1) is 6.92 Å². The third-order valence-electron chi connectivity index (χ3n) is 2.69. The van der Waals surface area contributed by atoms with E-state index in [4.69, 9.17) is 0 Å². The number of nitrogens with zero attached hydrogens (tertiary/aromatic N) is 2. The summed E-state index contributed by atoms with van der Waals surface area (Å²) in [6.07, 6.45) is 0. The fraction of sp³-hybridized carbons (Fsp3) is 0.231. The molecule has 1 aliphatic rings. The Morgan fingerprint density at radius 1 is 1.24 bits per heavy atom. The largest absolute Gasteiger partial charge is 0.333 e. The van der Waals surface area contributed by atoms with Crippen LogP contribution in [0.25, 0.3) is 10.9 Å². The van der Waals surface area contributed by atoms with E-state index in [1.807, 2.05) is 19.1 Å². The molecule has 0 aliphatic carbocycles. The Hall–Kier alpha value is -1.55. The minimum absolute atomic E-state index is 0.907. The second kappa shape index (κ2) is 4.37. The highest BCUT2D eigenvalue weighted by atomic mass is 32.2. The second-order valence-corrected chi connectivity index (χ2v) is 5.07. The minimum Gasteiger partial charge on any atom is -0.333 e. The first-order chi connectivity index (χ1) is 8.33. The van der Waals surface area contributed by atoms with Gasteiger partial charge in [0.15, 0.2) is 5.17 Å². The number of hydrogen-bond donors (Lipinski definition) is 1. The Balaban J connectivity index is 2.05. The summed E-state index contributed by atoms with van der Waals surface area (Å²) in [5.41, 5.74) is 3.09. The minimum atomic E-state index is 0.907. The lowest BCUT2D eigenvalue weighted by atomic mass is 10.2. The molecule has 3 rings (SSSR count). The van der Waals surface area contributed by atoms with Gasteiger partial charge >= 0.3 is 0 Å². The smallest absolute Gasteiger partial charge is 0.161 e. The van der Waals surface area contributed by atoms with Crippen molar-refractivity contribution >= 4 is 33.5 Å². The van der Waals surface area contributed by atoms with Gasteiger partial charge in [0, 0.05) is 16.8 Å². The Morgan fingerprint density at radius 3 is 3.00 bits per heavy atom. The molecule has 1 aromatic heterocycles. The van der Waals surface area contributed by atoms with Crippen LogP contribution in [-0.2, 0) is 0 Å². The van der Waals surface area contributed by atoms with E-state index in [-0.39, 0.29) is 0 Å². The molecule has 0 radical (unpaired) electrons. The zero-order valence-corrected chi connectivity index (χ0v) is 10.4. The number of pyridine rings is 1. The molecule has 4 heteroatoms. The van der Waals surface area contributed by atoms with E-state index >= 15 is 0 Å². The van der Waals surface area contributed by atoms with Gasteiger partial charge in [0.05, 0.1) is 17.7 Å². The summed E-state index contributed by atoms with van der Waals surface area (Å²) < 4.78 is 0. The number of anilines is 1. The van der Waals surface area contributed by atoms with E-state index in [0.29, 0.717) is 0 Å². The normalized spacial score (nSPS) is 15.0. The lowest BCUT2D eigenvalue weighted by Crippen LogP contribution is -2.05. The van der Waals surface area contributed by atoms with Crippen LogP contribution < -0.4 is 5.32 Å². The number of hydrogen-bond acceptors (Lipinski definition) is 4. The molecule has 0 saturated heterocycles. The molecular weight excluding hydrogens is 230 g/mol. The summed E-state index contributed by atoms with van der Waals surface area (Å²) in [7, 11) is 0. The quantitative estimate of drug-likeness (QED) is 0.836. The maximum absolute atomic E-state index is 4.59. The van der Waals surface area contributed by atoms with Crippen LogP contribution in [0.1, 0.15) is 5.69 Å². The van der Waals surface area contributed by atoms with Crippen LogP contribution in [0.5, 0.6) is 0 Å². The first kappa shape index (κ1) is 10.6. The molecule has 2 aromatic rings. The second-order valence-electron chi connectivity index (χ2n) is 3.99. The fourth-order valence-corrected chi connectivity index (χ4v) is 2.61. The molecule has 86 valence electrons. The van der Waals surface area contributed by atoms with Crippen LogP contribution in [-0.4, -0.2) is 22.4 Å². The van der Waals surface area contributed by atoms with Gasteiger partial charge in [0.2, 0.25) is 0 Å². The van der Waals surface area contributed by atoms with E-state index in [2.05, 4.69) is 33.5 Å². The molecule has 1 aliphatic heterocycles. The summed E-state index contributed by atoms with van der Waals surface area (Å²) in [6.45, 7) is 2.92. The van der Waals surface area contributed by atoms with Crippen molar-refractivity contribution in [2.45, 2.75) is 6.92 Å². The molecule has 3 nitrogen and oxygen atoms in total. The van der Waals surface area contributed by atoms with Crippen molar-refractivity contribution < 1.29 is 0 Å². The summed E-state index contributed by atoms with van der Waals surface area (Å²) in [6, 6.07) is 10.3. The molecule has 0 amide bonds. The number of amidine groups is 1. The first-order valence-corrected chi connectivity index (χ1v) is 6.62. The molecular formula is C13H13N3S. The highest BCUT2D eigenvalue weighted by Crippen LogP contribution is 2.24. The molecule has 1 aromatic carbocycles. The highest BCUT2D eigenvalue weighted by Gasteiger charge is 2.09. The maximum Gasteiger partial charge on any atom is 0.161 e. The lowest BCUT2D eigenvalue weighted by Gasteiger charge is -2.08. The number of thioether (sulfide) groups is 1. The summed E-state index contributed by atoms with van der Waals surface area (Å²) in [5, 5.41) is 5.52. The van der Waals surface area contributed by atoms with Crippen molar-refractivity contribution in [1.29, 1.82) is 0 Å². The molecule has 0 spiro atoms. The third-order valence-corrected chi connectivity index (χ3v) is 3.58. The van der Waals surface area contributed by atoms with E-state index < -0.39 is 0 Å². The third kappa shape index (κ3) is 2.13. The van der Waals surface area contributed by atoms with Gasteiger partial charge in [0.25, 0.3) is 0 Å². The Kier molecular flexibility index (Phi) is 2.73. The number of rotatable bonds is 1. The van der Waals surface area contributed by atoms with Crippen molar-refractivity contribution in [3.8, 4) is 0 Å². The summed E-state index contributed by atoms with van der Waals surface area (Å²) >= 11 is 1.76. The van der Waals surface area contributed by atoms with Crippen molar-refractivity contribution in [1.82, 2.24) is 4.98 Å². The Bertz CT molecular complexity index is 592. The molecule has 0 atom stereocenters. The van der Waals surface area contributed by atoms with Crippen LogP contribution in [0.3, 0.4) is 0 Å². The van der Waals surface area contributed by atoms with Gasteiger partial charge < -0.3 is 5.32 Å². The number of benzene rings is 1. The SMILES string of the molecule is Cc1ccc2cccc(NC3=NCCS3)c2n1. The summed E-state index contributed by atoms with van der Waals surface area (Å²) in [5.74, 6) is 1.07. The average Bonchev–Trinajstić information content (AvgIpc) is 2.83. The zero-order valence-electron chi connectivity index (χ0n) is 9.60. The van der Waals surface area contributed by atoms with Crippen molar-refractivity contribution in [2.24, 2.45) is 4.99 Å². The summed E-state index contributed by atoms with van der Waals surface area (Å²) in [4.78, 5) is 8.99. The van der Waals surface area contributed by atoms with E-state index in [1.54, 1.807) is 11.8 Å². The average molecular weight is 243 g/mol. The van der Waals surface area contributed by atoms with E-state index in [0.717, 1.165) is 39.7 Å². The Morgan fingerprint density at radius 2 is 2.18 bits per heavy atom. The molecule has 0 saturated carbocycles. The van der Waals surface area contributed by atoms with Crippen molar-refractivity contribution in [3.63, 3.8) is 0 Å². The standard InChI is InChI=1S/C13H13N3S/c1-9-5-6-10-3-2-4-11(12(10)15-9)16-13-14-7-8-17-13/h2-6H,7-8H2,1H3,(H,14,16). The Labute approximate surface area is 104 Å². The van der Waals surface area contributed by atoms with E-state index in [1.165, 1.54) is 0 Å². The lowest BCUT2D eigenvalue weighted by molar-refractivity contribution is 1.17. The molecule has 2 heterocycles. The molecule has 0 unspecified atom stereocenters. The fourth-order valence-electron chi connectivity index (χ4n) is 1.87. The van der Waals surface area contributed by atoms with Crippen LogP contribution in [0.4, 0.5) is 5.69 Å². The van der Waals surface area contributed by atoms with Crippen molar-refractivity contribution in [3.05, 3.63) is 36.0 Å². The number of aliphatic imine (C=N–C) groups is 1. The molecule has 0 fully saturated rings. The predicted molar refractivity (Wildman–Crippen MR) is 74.9 cm³/mol. The van der Waals surface area contributed by atoms with Gasteiger partial charge in [-0.2, -0.15) is 0 Å². The number of fused-ring (bicyclic) bond motifs is 1. The van der Waals surface area contributed by atoms with Gasteiger partial charge in [-0.15, -0.1) is 0 Å². The molecule has 0 bridgehead atoms. The number of para-hydroxylation sites is 1. The van der Waals surface area contributed by atoms with Crippen LogP contribution >= 0.6 is 11.8 Å². The number of aromatic nitrogens is 1. The molecule has 17 heavy (non-hydrogen) atoms. The van der Waals surface area contributed by atoms with Gasteiger partial charge in [-0.3, -0.25) is 9.98 Å². The van der Waals surface area contributed by atoms with Gasteiger partial charge in [-0.1, -0.05) is 30.0 Å². The van der Waals surface area contributed by atoms with Gasteiger partial charge in [-0.05, 0) is 19.1 Å². The maximum atomic E-state index is 4.59. The van der Waals surface area contributed by atoms with Crippen LogP contribution in [0.15, 0.2) is 35.3 Å². The van der Waals surface area contributed by atoms with Crippen LogP contribution in [0.2, 0.25) is 0 Å². The number of nitrogens with one attached hydrogen (secondary N) is 1. The predicted octanol–water partition coefficient (Wildman–Crippen LogP) is 3.06.